The van der Waals surface area contributed by atoms with Crippen molar-refractivity contribution < 1.29 is 13.0 Å². The number of rotatable bonds is 5. The van der Waals surface area contributed by atoms with E-state index in [2.05, 4.69) is 63.1 Å². The summed E-state index contributed by atoms with van der Waals surface area (Å²) < 4.78 is 29.4. The van der Waals surface area contributed by atoms with E-state index in [1.165, 1.54) is 6.92 Å². The summed E-state index contributed by atoms with van der Waals surface area (Å²) in [6, 6.07) is 0. The molecule has 0 fully saturated rings. The van der Waals surface area contributed by atoms with Crippen LogP contribution in [-0.4, -0.2) is 38.6 Å². The van der Waals surface area contributed by atoms with Crippen LogP contribution < -0.4 is 0 Å². The van der Waals surface area contributed by atoms with Gasteiger partial charge in [-0.1, -0.05) is 0 Å². The summed E-state index contributed by atoms with van der Waals surface area (Å²) in [5.41, 5.74) is 0. The van der Waals surface area contributed by atoms with Crippen LogP contribution in [0.3, 0.4) is 0 Å². The highest BCUT2D eigenvalue weighted by molar-refractivity contribution is 8.04. The van der Waals surface area contributed by atoms with Crippen LogP contribution in [0.15, 0.2) is 0 Å². The van der Waals surface area contributed by atoms with Crippen LogP contribution >= 0.6 is 63.1 Å². The van der Waals surface area contributed by atoms with Crippen molar-refractivity contribution in [2.24, 2.45) is 0 Å². The predicted octanol–water partition coefficient (Wildman–Crippen LogP) is 1.35. The molecule has 0 aliphatic rings. The number of thiol groups is 5. The molecular formula is C6H14O3S6. The minimum atomic E-state index is -4.31. The van der Waals surface area contributed by atoms with E-state index >= 15 is 0 Å². The molecule has 0 saturated heterocycles. The van der Waals surface area contributed by atoms with E-state index in [-0.39, 0.29) is 5.25 Å². The van der Waals surface area contributed by atoms with E-state index in [1.807, 2.05) is 0 Å². The first-order valence-electron chi connectivity index (χ1n) is 3.90. The van der Waals surface area contributed by atoms with E-state index in [0.717, 1.165) is 0 Å². The lowest BCUT2D eigenvalue weighted by atomic mass is 10.2. The average Bonchev–Trinajstić information content (AvgIpc) is 2.12. The molecule has 0 heterocycles. The number of hydrogen-bond acceptors (Lipinski definition) is 7. The summed E-state index contributed by atoms with van der Waals surface area (Å²) in [5, 5.41) is -1.47. The Morgan fingerprint density at radius 1 is 1.33 bits per heavy atom. The topological polar surface area (TPSA) is 54.4 Å². The van der Waals surface area contributed by atoms with Gasteiger partial charge in [-0.3, -0.25) is 4.55 Å². The van der Waals surface area contributed by atoms with Crippen LogP contribution in [0.25, 0.3) is 0 Å². The molecule has 0 aromatic carbocycles. The van der Waals surface area contributed by atoms with Crippen LogP contribution in [-0.2, 0) is 10.1 Å². The summed E-state index contributed by atoms with van der Waals surface area (Å²) in [6.45, 7) is 1.27. The zero-order chi connectivity index (χ0) is 12.4. The molecule has 0 aromatic heterocycles. The fourth-order valence-electron chi connectivity index (χ4n) is 0.788. The minimum Gasteiger partial charge on any atom is -0.284 e. The van der Waals surface area contributed by atoms with Crippen LogP contribution in [0.2, 0.25) is 0 Å². The fraction of sp³-hybridized carbons (Fsp3) is 1.00. The van der Waals surface area contributed by atoms with Crippen molar-refractivity contribution >= 4 is 73.3 Å². The molecule has 92 valence electrons. The quantitative estimate of drug-likeness (QED) is 0.342. The van der Waals surface area contributed by atoms with Crippen molar-refractivity contribution in [3.63, 3.8) is 0 Å². The van der Waals surface area contributed by atoms with Gasteiger partial charge >= 0.3 is 0 Å². The van der Waals surface area contributed by atoms with Crippen molar-refractivity contribution in [3.05, 3.63) is 0 Å². The highest BCUT2D eigenvalue weighted by Crippen LogP contribution is 2.35. The van der Waals surface area contributed by atoms with Gasteiger partial charge in [-0.25, -0.2) is 0 Å². The van der Waals surface area contributed by atoms with Crippen LogP contribution in [0.1, 0.15) is 6.92 Å². The average molecular weight is 327 g/mol. The van der Waals surface area contributed by atoms with Crippen LogP contribution in [0.5, 0.6) is 0 Å². The smallest absolute Gasteiger partial charge is 0.280 e. The zero-order valence-electron chi connectivity index (χ0n) is 7.85. The molecular weight excluding hydrogens is 312 g/mol. The SMILES string of the molecule is CC(S)(C(S)C(S)C(S)CS)S(=O)(=O)O. The molecule has 0 aromatic rings. The lowest BCUT2D eigenvalue weighted by Crippen LogP contribution is -2.46. The second kappa shape index (κ2) is 6.01. The molecule has 0 radical (unpaired) electrons. The van der Waals surface area contributed by atoms with Gasteiger partial charge in [-0.15, -0.1) is 0 Å². The molecule has 15 heavy (non-hydrogen) atoms. The Morgan fingerprint density at radius 2 is 1.73 bits per heavy atom. The lowest BCUT2D eigenvalue weighted by molar-refractivity contribution is 0.460. The summed E-state index contributed by atoms with van der Waals surface area (Å²) in [5.74, 6) is 0.420. The van der Waals surface area contributed by atoms with Gasteiger partial charge in [-0.2, -0.15) is 71.6 Å². The molecule has 0 aliphatic carbocycles. The third kappa shape index (κ3) is 4.11. The van der Waals surface area contributed by atoms with E-state index in [4.69, 9.17) is 4.55 Å². The summed E-state index contributed by atoms with van der Waals surface area (Å²) >= 11 is 20.4. The lowest BCUT2D eigenvalue weighted by Gasteiger charge is -2.32. The number of hydrogen-bond donors (Lipinski definition) is 6. The molecule has 0 bridgehead atoms. The second-order valence-electron chi connectivity index (χ2n) is 3.22. The van der Waals surface area contributed by atoms with Gasteiger partial charge in [0.05, 0.1) is 0 Å². The molecule has 4 atom stereocenters. The molecule has 0 saturated carbocycles. The molecule has 0 amide bonds. The highest BCUT2D eigenvalue weighted by atomic mass is 32.3. The molecule has 0 rings (SSSR count). The molecule has 4 unspecified atom stereocenters. The van der Waals surface area contributed by atoms with Gasteiger partial charge in [0.25, 0.3) is 10.1 Å². The molecule has 3 nitrogen and oxygen atoms in total. The summed E-state index contributed by atoms with van der Waals surface area (Å²) in [7, 11) is -4.31. The maximum absolute atomic E-state index is 11.1. The first-order valence-corrected chi connectivity index (χ1v) is 7.97. The Balaban J connectivity index is 4.93. The first-order chi connectivity index (χ1) is 6.55. The van der Waals surface area contributed by atoms with Gasteiger partial charge in [0.1, 0.15) is 4.08 Å². The van der Waals surface area contributed by atoms with Crippen LogP contribution in [0, 0.1) is 0 Å². The molecule has 1 N–H and O–H groups in total. The standard InChI is InChI=1S/C6H14O3S6/c1-6(14,15(7,8)9)5(13)4(12)3(11)2-10/h3-5,10-14H,2H2,1H3,(H,7,8,9). The minimum absolute atomic E-state index is 0.243. The summed E-state index contributed by atoms with van der Waals surface area (Å²) in [6.07, 6.45) is 0. The van der Waals surface area contributed by atoms with Crippen molar-refractivity contribution in [2.45, 2.75) is 26.8 Å². The monoisotopic (exact) mass is 326 g/mol. The van der Waals surface area contributed by atoms with Crippen molar-refractivity contribution in [1.29, 1.82) is 0 Å². The third-order valence-electron chi connectivity index (χ3n) is 1.98. The van der Waals surface area contributed by atoms with E-state index in [1.54, 1.807) is 0 Å². The van der Waals surface area contributed by atoms with Crippen molar-refractivity contribution in [3.8, 4) is 0 Å². The van der Waals surface area contributed by atoms with Gasteiger partial charge in [0, 0.05) is 21.5 Å². The highest BCUT2D eigenvalue weighted by Gasteiger charge is 2.44. The molecule has 0 aliphatic heterocycles. The maximum Gasteiger partial charge on any atom is 0.280 e. The van der Waals surface area contributed by atoms with Gasteiger partial charge < -0.3 is 0 Å². The predicted molar refractivity (Wildman–Crippen MR) is 81.1 cm³/mol. The first kappa shape index (κ1) is 16.7. The Morgan fingerprint density at radius 3 is 2.00 bits per heavy atom. The largest absolute Gasteiger partial charge is 0.284 e. The maximum atomic E-state index is 11.1. The molecule has 9 heteroatoms. The normalized spacial score (nSPS) is 22.9. The zero-order valence-corrected chi connectivity index (χ0v) is 13.1. The fourth-order valence-corrected chi connectivity index (χ4v) is 3.33. The Bertz CT molecular complexity index is 300. The summed E-state index contributed by atoms with van der Waals surface area (Å²) in [4.78, 5) is 0. The Kier molecular flexibility index (Phi) is 6.68. The van der Waals surface area contributed by atoms with Gasteiger partial charge in [0.15, 0.2) is 0 Å². The van der Waals surface area contributed by atoms with Crippen molar-refractivity contribution in [1.82, 2.24) is 0 Å². The van der Waals surface area contributed by atoms with E-state index in [0.29, 0.717) is 5.75 Å². The third-order valence-corrected chi connectivity index (χ3v) is 7.77. The second-order valence-corrected chi connectivity index (χ2v) is 8.43. The van der Waals surface area contributed by atoms with Gasteiger partial charge in [0.2, 0.25) is 0 Å². The van der Waals surface area contributed by atoms with E-state index < -0.39 is 24.7 Å². The Labute approximate surface area is 118 Å². The van der Waals surface area contributed by atoms with Crippen molar-refractivity contribution in [2.75, 3.05) is 5.75 Å². The van der Waals surface area contributed by atoms with Crippen LogP contribution in [0.4, 0.5) is 0 Å². The van der Waals surface area contributed by atoms with E-state index in [9.17, 15) is 8.42 Å². The van der Waals surface area contributed by atoms with Gasteiger partial charge in [-0.05, 0) is 6.92 Å². The molecule has 0 spiro atoms. The Hall–Kier alpha value is 1.66.